The molecule has 1 saturated heterocycles. The van der Waals surface area contributed by atoms with Crippen LogP contribution in [0.3, 0.4) is 0 Å². The van der Waals surface area contributed by atoms with Crippen LogP contribution in [0.1, 0.15) is 5.56 Å². The molecule has 0 N–H and O–H groups in total. The van der Waals surface area contributed by atoms with Gasteiger partial charge in [-0.05, 0) is 37.9 Å². The van der Waals surface area contributed by atoms with E-state index in [0.29, 0.717) is 23.4 Å². The maximum absolute atomic E-state index is 13.2. The summed E-state index contributed by atoms with van der Waals surface area (Å²) in [6, 6.07) is 19.8. The summed E-state index contributed by atoms with van der Waals surface area (Å²) in [6.07, 6.45) is 0. The predicted molar refractivity (Wildman–Crippen MR) is 154 cm³/mol. The van der Waals surface area contributed by atoms with Gasteiger partial charge in [0.15, 0.2) is 5.16 Å². The quantitative estimate of drug-likeness (QED) is 0.201. The van der Waals surface area contributed by atoms with Gasteiger partial charge >= 0.3 is 0 Å². The average molecular weight is 560 g/mol. The van der Waals surface area contributed by atoms with Crippen molar-refractivity contribution in [3.05, 3.63) is 76.4 Å². The van der Waals surface area contributed by atoms with E-state index in [-0.39, 0.29) is 11.7 Å². The smallest absolute Gasteiger partial charge is 0.233 e. The molecular weight excluding hydrogens is 527 g/mol. The SMILES string of the molecule is CN(C)CCN(Cc1ccccc1)C(=O)CSc1nc(Cl)cc(N2CCN(c3cccc(Cl)c3)CC2)n1. The van der Waals surface area contributed by atoms with E-state index in [4.69, 9.17) is 28.2 Å². The molecule has 3 aromatic rings. The number of anilines is 2. The Bertz CT molecular complexity index is 1170. The molecule has 7 nitrogen and oxygen atoms in total. The molecule has 4 rings (SSSR count). The molecule has 10 heteroatoms. The Morgan fingerprint density at radius 1 is 0.919 bits per heavy atom. The molecule has 37 heavy (non-hydrogen) atoms. The van der Waals surface area contributed by atoms with E-state index in [1.54, 1.807) is 6.07 Å². The van der Waals surface area contributed by atoms with E-state index in [9.17, 15) is 4.79 Å². The number of hydrogen-bond donors (Lipinski definition) is 0. The lowest BCUT2D eigenvalue weighted by Crippen LogP contribution is -2.46. The number of halogens is 2. The second-order valence-electron chi connectivity index (χ2n) is 9.18. The Morgan fingerprint density at radius 2 is 1.65 bits per heavy atom. The van der Waals surface area contributed by atoms with Crippen molar-refractivity contribution < 1.29 is 4.79 Å². The van der Waals surface area contributed by atoms with Crippen LogP contribution in [0, 0.1) is 0 Å². The van der Waals surface area contributed by atoms with Crippen molar-refractivity contribution in [2.24, 2.45) is 0 Å². The first-order valence-corrected chi connectivity index (χ1v) is 14.0. The Kier molecular flexibility index (Phi) is 9.91. The van der Waals surface area contributed by atoms with Crippen LogP contribution in [0.15, 0.2) is 65.8 Å². The zero-order valence-electron chi connectivity index (χ0n) is 21.2. The maximum Gasteiger partial charge on any atom is 0.233 e. The van der Waals surface area contributed by atoms with Gasteiger partial charge in [0.25, 0.3) is 0 Å². The number of rotatable bonds is 10. The average Bonchev–Trinajstić information content (AvgIpc) is 2.90. The molecule has 0 bridgehead atoms. The van der Waals surface area contributed by atoms with E-state index in [1.807, 2.05) is 67.5 Å². The first-order chi connectivity index (χ1) is 17.9. The number of hydrogen-bond acceptors (Lipinski definition) is 7. The van der Waals surface area contributed by atoms with Gasteiger partial charge in [-0.2, -0.15) is 0 Å². The summed E-state index contributed by atoms with van der Waals surface area (Å²) in [5, 5.41) is 1.63. The molecule has 1 amide bonds. The maximum atomic E-state index is 13.2. The number of carbonyl (C=O) groups excluding carboxylic acids is 1. The van der Waals surface area contributed by atoms with Gasteiger partial charge in [0.2, 0.25) is 5.91 Å². The molecule has 0 spiro atoms. The normalized spacial score (nSPS) is 13.8. The van der Waals surface area contributed by atoms with Gasteiger partial charge in [0.1, 0.15) is 11.0 Å². The molecule has 2 aromatic carbocycles. The summed E-state index contributed by atoms with van der Waals surface area (Å²) >= 11 is 13.9. The fourth-order valence-electron chi connectivity index (χ4n) is 4.11. The number of amides is 1. The number of likely N-dealkylation sites (N-methyl/N-ethyl adjacent to an activating group) is 1. The lowest BCUT2D eigenvalue weighted by atomic mass is 10.2. The topological polar surface area (TPSA) is 55.8 Å². The fraction of sp³-hybridized carbons (Fsp3) is 0.370. The summed E-state index contributed by atoms with van der Waals surface area (Å²) in [4.78, 5) is 30.8. The summed E-state index contributed by atoms with van der Waals surface area (Å²) in [5.74, 6) is 1.09. The Morgan fingerprint density at radius 3 is 2.35 bits per heavy atom. The zero-order valence-corrected chi connectivity index (χ0v) is 23.5. The molecule has 0 saturated carbocycles. The minimum Gasteiger partial charge on any atom is -0.368 e. The van der Waals surface area contributed by atoms with Crippen molar-refractivity contribution in [1.82, 2.24) is 19.8 Å². The minimum absolute atomic E-state index is 0.0518. The number of piperazine rings is 1. The third kappa shape index (κ3) is 8.23. The van der Waals surface area contributed by atoms with Crippen LogP contribution in [0.2, 0.25) is 10.2 Å². The van der Waals surface area contributed by atoms with Gasteiger partial charge in [-0.3, -0.25) is 4.79 Å². The fourth-order valence-corrected chi connectivity index (χ4v) is 5.28. The van der Waals surface area contributed by atoms with Crippen molar-refractivity contribution in [2.75, 3.05) is 68.9 Å². The highest BCUT2D eigenvalue weighted by Crippen LogP contribution is 2.25. The monoisotopic (exact) mass is 558 g/mol. The lowest BCUT2D eigenvalue weighted by molar-refractivity contribution is -0.129. The molecule has 0 unspecified atom stereocenters. The third-order valence-electron chi connectivity index (χ3n) is 6.15. The summed E-state index contributed by atoms with van der Waals surface area (Å²) in [5.41, 5.74) is 2.23. The zero-order chi connectivity index (χ0) is 26.2. The van der Waals surface area contributed by atoms with Crippen LogP contribution in [0.25, 0.3) is 0 Å². The molecular formula is C27H32Cl2N6OS. The van der Waals surface area contributed by atoms with Crippen LogP contribution >= 0.6 is 35.0 Å². The highest BCUT2D eigenvalue weighted by molar-refractivity contribution is 7.99. The van der Waals surface area contributed by atoms with Gasteiger partial charge in [0.05, 0.1) is 5.75 Å². The highest BCUT2D eigenvalue weighted by atomic mass is 35.5. The number of benzene rings is 2. The van der Waals surface area contributed by atoms with Gasteiger partial charge in [-0.15, -0.1) is 0 Å². The molecule has 0 radical (unpaired) electrons. The molecule has 196 valence electrons. The molecule has 2 heterocycles. The standard InChI is InChI=1S/C27H32Cl2N6OS/c1-32(2)11-12-35(19-21-7-4-3-5-8-21)26(36)20-37-27-30-24(29)18-25(31-27)34-15-13-33(14-16-34)23-10-6-9-22(28)17-23/h3-10,17-18H,11-16,19-20H2,1-2H3. The number of aromatic nitrogens is 2. The first-order valence-electron chi connectivity index (χ1n) is 12.3. The molecule has 1 aromatic heterocycles. The second kappa shape index (κ2) is 13.3. The van der Waals surface area contributed by atoms with Crippen molar-refractivity contribution >= 4 is 52.4 Å². The van der Waals surface area contributed by atoms with Crippen LogP contribution in [-0.2, 0) is 11.3 Å². The van der Waals surface area contributed by atoms with Crippen LogP contribution < -0.4 is 9.80 Å². The highest BCUT2D eigenvalue weighted by Gasteiger charge is 2.21. The predicted octanol–water partition coefficient (Wildman–Crippen LogP) is 4.79. The lowest BCUT2D eigenvalue weighted by Gasteiger charge is -2.36. The summed E-state index contributed by atoms with van der Waals surface area (Å²) in [7, 11) is 4.02. The van der Waals surface area contributed by atoms with Gasteiger partial charge < -0.3 is 19.6 Å². The van der Waals surface area contributed by atoms with Crippen LogP contribution in [0.4, 0.5) is 11.5 Å². The van der Waals surface area contributed by atoms with Crippen LogP contribution in [-0.4, -0.2) is 84.8 Å². The van der Waals surface area contributed by atoms with E-state index in [2.05, 4.69) is 25.8 Å². The summed E-state index contributed by atoms with van der Waals surface area (Å²) < 4.78 is 0. The van der Waals surface area contributed by atoms with Gasteiger partial charge in [-0.1, -0.05) is 71.4 Å². The minimum atomic E-state index is 0.0518. The molecule has 0 atom stereocenters. The van der Waals surface area contributed by atoms with Gasteiger partial charge in [0, 0.05) is 62.6 Å². The Balaban J connectivity index is 1.37. The summed E-state index contributed by atoms with van der Waals surface area (Å²) in [6.45, 7) is 5.33. The van der Waals surface area contributed by atoms with E-state index < -0.39 is 0 Å². The van der Waals surface area contributed by atoms with E-state index in [0.717, 1.165) is 54.8 Å². The second-order valence-corrected chi connectivity index (χ2v) is 10.9. The number of carbonyl (C=O) groups is 1. The Labute approximate surface area is 233 Å². The molecule has 1 aliphatic heterocycles. The van der Waals surface area contributed by atoms with Gasteiger partial charge in [-0.25, -0.2) is 9.97 Å². The van der Waals surface area contributed by atoms with E-state index in [1.165, 1.54) is 11.8 Å². The number of thioether (sulfide) groups is 1. The van der Waals surface area contributed by atoms with Crippen LogP contribution in [0.5, 0.6) is 0 Å². The van der Waals surface area contributed by atoms with Crippen molar-refractivity contribution in [3.63, 3.8) is 0 Å². The molecule has 1 fully saturated rings. The van der Waals surface area contributed by atoms with Crippen molar-refractivity contribution in [2.45, 2.75) is 11.7 Å². The molecule has 0 aliphatic carbocycles. The van der Waals surface area contributed by atoms with Crippen molar-refractivity contribution in [3.8, 4) is 0 Å². The van der Waals surface area contributed by atoms with E-state index >= 15 is 0 Å². The first kappa shape index (κ1) is 27.5. The van der Waals surface area contributed by atoms with Crippen molar-refractivity contribution in [1.29, 1.82) is 0 Å². The molecule has 1 aliphatic rings. The Hall–Kier alpha value is -2.52. The largest absolute Gasteiger partial charge is 0.368 e. The number of nitrogens with zero attached hydrogens (tertiary/aromatic N) is 6. The third-order valence-corrected chi connectivity index (χ3v) is 7.41.